The molecule has 7 heteroatoms. The van der Waals surface area contributed by atoms with Crippen LogP contribution in [0.3, 0.4) is 0 Å². The van der Waals surface area contributed by atoms with Gasteiger partial charge in [-0.3, -0.25) is 0 Å². The molecule has 0 aliphatic carbocycles. The first-order valence-electron chi connectivity index (χ1n) is 6.63. The van der Waals surface area contributed by atoms with Crippen molar-refractivity contribution in [3.63, 3.8) is 0 Å². The molecule has 2 aromatic rings. The lowest BCUT2D eigenvalue weighted by atomic mass is 10.3. The Bertz CT molecular complexity index is 612. The topological polar surface area (TPSA) is 28.2 Å². The first-order chi connectivity index (χ1) is 10.0. The molecule has 21 heavy (non-hydrogen) atoms. The number of aromatic nitrogens is 1. The van der Waals surface area contributed by atoms with Crippen LogP contribution < -0.4 is 10.2 Å². The minimum absolute atomic E-state index is 0.190. The molecular weight excluding hydrogens is 299 g/mol. The third-order valence-electron chi connectivity index (χ3n) is 3.02. The van der Waals surface area contributed by atoms with Crippen LogP contribution in [0.5, 0.6) is 0 Å². The van der Waals surface area contributed by atoms with Gasteiger partial charge in [0.1, 0.15) is 5.82 Å². The molecule has 1 heterocycles. The van der Waals surface area contributed by atoms with Crippen molar-refractivity contribution in [3.8, 4) is 0 Å². The Hall–Kier alpha value is -1.76. The van der Waals surface area contributed by atoms with E-state index in [4.69, 9.17) is 0 Å². The van der Waals surface area contributed by atoms with Crippen LogP contribution in [0.4, 0.5) is 24.0 Å². The van der Waals surface area contributed by atoms with Gasteiger partial charge < -0.3 is 10.2 Å². The Morgan fingerprint density at radius 3 is 2.57 bits per heavy atom. The van der Waals surface area contributed by atoms with E-state index < -0.39 is 17.5 Å². The lowest BCUT2D eigenvalue weighted by Crippen LogP contribution is -2.21. The largest absolute Gasteiger partial charge is 0.378 e. The Morgan fingerprint density at radius 1 is 1.19 bits per heavy atom. The molecule has 1 aromatic carbocycles. The second-order valence-corrected chi connectivity index (χ2v) is 5.48. The van der Waals surface area contributed by atoms with Gasteiger partial charge in [0.15, 0.2) is 16.8 Å². The molecule has 0 atom stereocenters. The Balaban J connectivity index is 2.07. The van der Waals surface area contributed by atoms with E-state index in [1.807, 2.05) is 13.8 Å². The fourth-order valence-corrected chi connectivity index (χ4v) is 2.86. The number of nitrogens with one attached hydrogen (secondary N) is 1. The van der Waals surface area contributed by atoms with Gasteiger partial charge in [0, 0.05) is 36.3 Å². The molecule has 3 nitrogen and oxygen atoms in total. The van der Waals surface area contributed by atoms with Crippen molar-refractivity contribution >= 4 is 22.2 Å². The van der Waals surface area contributed by atoms with Gasteiger partial charge in [-0.1, -0.05) is 0 Å². The summed E-state index contributed by atoms with van der Waals surface area (Å²) in [5.74, 6) is -3.10. The van der Waals surface area contributed by atoms with Crippen molar-refractivity contribution in [2.75, 3.05) is 23.3 Å². The average molecular weight is 315 g/mol. The van der Waals surface area contributed by atoms with Crippen LogP contribution in [0.25, 0.3) is 0 Å². The summed E-state index contributed by atoms with van der Waals surface area (Å²) in [4.78, 5) is 7.25. The Morgan fingerprint density at radius 2 is 1.90 bits per heavy atom. The van der Waals surface area contributed by atoms with Crippen molar-refractivity contribution in [2.24, 2.45) is 0 Å². The standard InChI is InChI=1S/C14H16F3N3S/c1-3-20(4-2)14-19-8-10(21-14)7-18-12-6-9(15)5-11(16)13(12)17/h5-6,8,18H,3-4,7H2,1-2H3. The number of thiazole rings is 1. The second kappa shape index (κ2) is 6.80. The molecule has 0 unspecified atom stereocenters. The van der Waals surface area contributed by atoms with E-state index in [9.17, 15) is 13.2 Å². The molecule has 0 saturated heterocycles. The molecule has 0 aliphatic rings. The van der Waals surface area contributed by atoms with Crippen LogP contribution in [0.15, 0.2) is 18.3 Å². The monoisotopic (exact) mass is 315 g/mol. The first-order valence-corrected chi connectivity index (χ1v) is 7.44. The number of rotatable bonds is 6. The highest BCUT2D eigenvalue weighted by Gasteiger charge is 2.12. The van der Waals surface area contributed by atoms with Crippen molar-refractivity contribution < 1.29 is 13.2 Å². The minimum Gasteiger partial charge on any atom is -0.378 e. The molecule has 1 N–H and O–H groups in total. The summed E-state index contributed by atoms with van der Waals surface area (Å²) < 4.78 is 39.7. The number of benzene rings is 1. The molecule has 0 bridgehead atoms. The first kappa shape index (κ1) is 15.6. The molecule has 0 fully saturated rings. The Kier molecular flexibility index (Phi) is 5.06. The van der Waals surface area contributed by atoms with Crippen LogP contribution in [0.1, 0.15) is 18.7 Å². The molecular formula is C14H16F3N3S. The Labute approximate surface area is 125 Å². The highest BCUT2D eigenvalue weighted by molar-refractivity contribution is 7.15. The van der Waals surface area contributed by atoms with Crippen molar-refractivity contribution in [1.82, 2.24) is 4.98 Å². The van der Waals surface area contributed by atoms with Crippen molar-refractivity contribution in [1.29, 1.82) is 0 Å². The van der Waals surface area contributed by atoms with E-state index in [1.54, 1.807) is 6.20 Å². The summed E-state index contributed by atoms with van der Waals surface area (Å²) in [5, 5.41) is 3.57. The number of hydrogen-bond acceptors (Lipinski definition) is 4. The highest BCUT2D eigenvalue weighted by atomic mass is 32.1. The van der Waals surface area contributed by atoms with E-state index >= 15 is 0 Å². The zero-order valence-corrected chi connectivity index (χ0v) is 12.6. The predicted octanol–water partition coefficient (Wildman–Crippen LogP) is 4.02. The summed E-state index contributed by atoms with van der Waals surface area (Å²) in [6, 6.07) is 1.45. The maximum Gasteiger partial charge on any atom is 0.185 e. The van der Waals surface area contributed by atoms with E-state index in [1.165, 1.54) is 11.3 Å². The summed E-state index contributed by atoms with van der Waals surface area (Å²) >= 11 is 1.47. The smallest absolute Gasteiger partial charge is 0.185 e. The summed E-state index contributed by atoms with van der Waals surface area (Å²) in [6.07, 6.45) is 1.68. The van der Waals surface area contributed by atoms with E-state index in [0.29, 0.717) is 6.07 Å². The molecule has 114 valence electrons. The van der Waals surface area contributed by atoms with Gasteiger partial charge in [-0.2, -0.15) is 0 Å². The van der Waals surface area contributed by atoms with Gasteiger partial charge >= 0.3 is 0 Å². The van der Waals surface area contributed by atoms with E-state index in [0.717, 1.165) is 29.2 Å². The van der Waals surface area contributed by atoms with E-state index in [2.05, 4.69) is 15.2 Å². The molecule has 0 aliphatic heterocycles. The quantitative estimate of drug-likeness (QED) is 0.816. The predicted molar refractivity (Wildman–Crippen MR) is 79.3 cm³/mol. The zero-order valence-electron chi connectivity index (χ0n) is 11.8. The van der Waals surface area contributed by atoms with Gasteiger partial charge in [-0.05, 0) is 13.8 Å². The number of nitrogens with zero attached hydrogens (tertiary/aromatic N) is 2. The number of anilines is 2. The molecule has 1 aromatic heterocycles. The van der Waals surface area contributed by atoms with Gasteiger partial charge in [0.25, 0.3) is 0 Å². The van der Waals surface area contributed by atoms with Crippen molar-refractivity contribution in [3.05, 3.63) is 40.7 Å². The maximum absolute atomic E-state index is 13.5. The molecule has 0 spiro atoms. The van der Waals surface area contributed by atoms with Gasteiger partial charge in [0.05, 0.1) is 12.2 Å². The van der Waals surface area contributed by atoms with Gasteiger partial charge in [0.2, 0.25) is 0 Å². The van der Waals surface area contributed by atoms with E-state index in [-0.39, 0.29) is 12.2 Å². The lowest BCUT2D eigenvalue weighted by molar-refractivity contribution is 0.497. The fraction of sp³-hybridized carbons (Fsp3) is 0.357. The second-order valence-electron chi connectivity index (χ2n) is 4.38. The van der Waals surface area contributed by atoms with Crippen LogP contribution in [-0.2, 0) is 6.54 Å². The number of halogens is 3. The molecule has 0 saturated carbocycles. The zero-order chi connectivity index (χ0) is 15.4. The SMILES string of the molecule is CCN(CC)c1ncc(CNc2cc(F)cc(F)c2F)s1. The minimum atomic E-state index is -1.20. The van der Waals surface area contributed by atoms with Crippen LogP contribution in [0.2, 0.25) is 0 Å². The fourth-order valence-electron chi connectivity index (χ4n) is 1.89. The number of hydrogen-bond donors (Lipinski definition) is 1. The van der Waals surface area contributed by atoms with Crippen LogP contribution >= 0.6 is 11.3 Å². The third-order valence-corrected chi connectivity index (χ3v) is 4.08. The normalized spacial score (nSPS) is 10.7. The summed E-state index contributed by atoms with van der Waals surface area (Å²) in [5.41, 5.74) is -0.190. The maximum atomic E-state index is 13.5. The average Bonchev–Trinajstić information content (AvgIpc) is 2.91. The van der Waals surface area contributed by atoms with Gasteiger partial charge in [-0.25, -0.2) is 18.2 Å². The van der Waals surface area contributed by atoms with Crippen LogP contribution in [0, 0.1) is 17.5 Å². The molecule has 0 radical (unpaired) electrons. The van der Waals surface area contributed by atoms with Gasteiger partial charge in [-0.15, -0.1) is 11.3 Å². The molecule has 0 amide bonds. The highest BCUT2D eigenvalue weighted by Crippen LogP contribution is 2.24. The third kappa shape index (κ3) is 3.66. The summed E-state index contributed by atoms with van der Waals surface area (Å²) in [6.45, 7) is 6.03. The lowest BCUT2D eigenvalue weighted by Gasteiger charge is -2.16. The summed E-state index contributed by atoms with van der Waals surface area (Å²) in [7, 11) is 0. The van der Waals surface area contributed by atoms with Crippen LogP contribution in [-0.4, -0.2) is 18.1 Å². The van der Waals surface area contributed by atoms with Crippen molar-refractivity contribution in [2.45, 2.75) is 20.4 Å². The molecule has 2 rings (SSSR count).